The summed E-state index contributed by atoms with van der Waals surface area (Å²) in [7, 11) is 0. The summed E-state index contributed by atoms with van der Waals surface area (Å²) in [5, 5.41) is 0. The summed E-state index contributed by atoms with van der Waals surface area (Å²) < 4.78 is 17.0. The van der Waals surface area contributed by atoms with Crippen LogP contribution in [0.3, 0.4) is 0 Å². The molecule has 78 heavy (non-hydrogen) atoms. The van der Waals surface area contributed by atoms with E-state index in [1.807, 2.05) is 0 Å². The van der Waals surface area contributed by atoms with Crippen LogP contribution >= 0.6 is 0 Å². The Morgan fingerprint density at radius 3 is 0.513 bits per heavy atom. The summed E-state index contributed by atoms with van der Waals surface area (Å²) in [6, 6.07) is 0. The zero-order valence-electron chi connectivity index (χ0n) is 53.5. The van der Waals surface area contributed by atoms with E-state index in [1.165, 1.54) is 327 Å². The first-order valence-corrected chi connectivity index (χ1v) is 36.0. The van der Waals surface area contributed by atoms with Crippen molar-refractivity contribution < 1.29 is 28.6 Å². The highest BCUT2D eigenvalue weighted by molar-refractivity contribution is 5.71. The first-order chi connectivity index (χ1) is 38.5. The maximum absolute atomic E-state index is 13.0. The van der Waals surface area contributed by atoms with E-state index >= 15 is 0 Å². The van der Waals surface area contributed by atoms with Crippen LogP contribution in [0, 0.1) is 0 Å². The Labute approximate surface area is 488 Å². The van der Waals surface area contributed by atoms with Gasteiger partial charge in [0, 0.05) is 19.3 Å². The molecular formula is C72H140O6. The molecule has 0 heterocycles. The molecule has 464 valence electrons. The first kappa shape index (κ1) is 76.4. The average Bonchev–Trinajstić information content (AvgIpc) is 3.44. The number of carbonyl (C=O) groups is 3. The number of carbonyl (C=O) groups excluding carboxylic acids is 3. The molecule has 6 nitrogen and oxygen atoms in total. The smallest absolute Gasteiger partial charge is 0.306 e. The van der Waals surface area contributed by atoms with E-state index < -0.39 is 6.10 Å². The fourth-order valence-corrected chi connectivity index (χ4v) is 11.5. The van der Waals surface area contributed by atoms with E-state index in [1.54, 1.807) is 0 Å². The second-order valence-corrected chi connectivity index (χ2v) is 24.9. The van der Waals surface area contributed by atoms with Crippen molar-refractivity contribution in [2.24, 2.45) is 0 Å². The standard InChI is InChI=1S/C72H140O6/c1-4-7-10-13-16-19-22-25-27-29-31-33-35-36-37-39-40-42-44-47-50-53-56-59-62-65-71(74)77-68-69(67-76-70(73)64-61-58-55-52-49-46-24-21-18-15-12-9-6-3)78-72(75)66-63-60-57-54-51-48-45-43-41-38-34-32-30-28-26-23-20-17-14-11-8-5-2/h69H,4-68H2,1-3H3. The van der Waals surface area contributed by atoms with Crippen LogP contribution in [0.5, 0.6) is 0 Å². The van der Waals surface area contributed by atoms with Crippen molar-refractivity contribution in [1.82, 2.24) is 0 Å². The average molecular weight is 1100 g/mol. The van der Waals surface area contributed by atoms with Crippen molar-refractivity contribution in [1.29, 1.82) is 0 Å². The van der Waals surface area contributed by atoms with Gasteiger partial charge >= 0.3 is 17.9 Å². The lowest BCUT2D eigenvalue weighted by Crippen LogP contribution is -2.30. The maximum atomic E-state index is 13.0. The van der Waals surface area contributed by atoms with Gasteiger partial charge in [0.25, 0.3) is 0 Å². The molecule has 0 aromatic rings. The minimum absolute atomic E-state index is 0.0601. The lowest BCUT2D eigenvalue weighted by atomic mass is 10.0. The zero-order valence-corrected chi connectivity index (χ0v) is 53.5. The van der Waals surface area contributed by atoms with Crippen LogP contribution in [0.25, 0.3) is 0 Å². The number of hydrogen-bond donors (Lipinski definition) is 0. The van der Waals surface area contributed by atoms with Crippen LogP contribution in [-0.2, 0) is 28.6 Å². The van der Waals surface area contributed by atoms with E-state index in [9.17, 15) is 14.4 Å². The predicted octanol–water partition coefficient (Wildman–Crippen LogP) is 24.6. The van der Waals surface area contributed by atoms with E-state index in [4.69, 9.17) is 14.2 Å². The Morgan fingerprint density at radius 2 is 0.346 bits per heavy atom. The molecular weight excluding hydrogens is 961 g/mol. The van der Waals surface area contributed by atoms with Crippen LogP contribution in [0.1, 0.15) is 425 Å². The molecule has 0 aliphatic heterocycles. The summed E-state index contributed by atoms with van der Waals surface area (Å²) in [4.78, 5) is 38.4. The van der Waals surface area contributed by atoms with E-state index in [0.717, 1.165) is 57.8 Å². The van der Waals surface area contributed by atoms with E-state index in [-0.39, 0.29) is 31.1 Å². The lowest BCUT2D eigenvalue weighted by Gasteiger charge is -2.18. The van der Waals surface area contributed by atoms with Gasteiger partial charge in [0.15, 0.2) is 6.10 Å². The van der Waals surface area contributed by atoms with Gasteiger partial charge in [-0.3, -0.25) is 14.4 Å². The van der Waals surface area contributed by atoms with Crippen LogP contribution in [0.15, 0.2) is 0 Å². The van der Waals surface area contributed by atoms with Crippen LogP contribution in [0.4, 0.5) is 0 Å². The number of hydrogen-bond acceptors (Lipinski definition) is 6. The van der Waals surface area contributed by atoms with Crippen LogP contribution < -0.4 is 0 Å². The molecule has 0 aliphatic rings. The van der Waals surface area contributed by atoms with Gasteiger partial charge < -0.3 is 14.2 Å². The summed E-state index contributed by atoms with van der Waals surface area (Å²) in [5.41, 5.74) is 0. The molecule has 0 N–H and O–H groups in total. The van der Waals surface area contributed by atoms with Crippen molar-refractivity contribution in [3.63, 3.8) is 0 Å². The largest absolute Gasteiger partial charge is 0.462 e. The van der Waals surface area contributed by atoms with Crippen molar-refractivity contribution in [2.75, 3.05) is 13.2 Å². The van der Waals surface area contributed by atoms with Gasteiger partial charge in [-0.2, -0.15) is 0 Å². The minimum atomic E-state index is -0.763. The van der Waals surface area contributed by atoms with Crippen molar-refractivity contribution in [2.45, 2.75) is 431 Å². The van der Waals surface area contributed by atoms with Gasteiger partial charge in [-0.25, -0.2) is 0 Å². The van der Waals surface area contributed by atoms with E-state index in [2.05, 4.69) is 20.8 Å². The normalized spacial score (nSPS) is 11.9. The van der Waals surface area contributed by atoms with Gasteiger partial charge in [-0.15, -0.1) is 0 Å². The van der Waals surface area contributed by atoms with Gasteiger partial charge in [-0.05, 0) is 19.3 Å². The number of ether oxygens (including phenoxy) is 3. The molecule has 1 atom stereocenters. The third-order valence-corrected chi connectivity index (χ3v) is 16.9. The van der Waals surface area contributed by atoms with Crippen molar-refractivity contribution in [3.05, 3.63) is 0 Å². The van der Waals surface area contributed by atoms with Gasteiger partial charge in [0.2, 0.25) is 0 Å². The molecule has 0 radical (unpaired) electrons. The molecule has 0 spiro atoms. The number of esters is 3. The molecule has 0 aliphatic carbocycles. The molecule has 0 aromatic carbocycles. The summed E-state index contributed by atoms with van der Waals surface area (Å²) in [5.74, 6) is -0.819. The van der Waals surface area contributed by atoms with Gasteiger partial charge in [0.05, 0.1) is 0 Å². The Bertz CT molecular complexity index is 1170. The van der Waals surface area contributed by atoms with Crippen LogP contribution in [-0.4, -0.2) is 37.2 Å². The highest BCUT2D eigenvalue weighted by Gasteiger charge is 2.20. The van der Waals surface area contributed by atoms with Gasteiger partial charge in [-0.1, -0.05) is 387 Å². The number of rotatable bonds is 68. The maximum Gasteiger partial charge on any atom is 0.306 e. The highest BCUT2D eigenvalue weighted by Crippen LogP contribution is 2.20. The Balaban J connectivity index is 4.18. The second kappa shape index (κ2) is 67.9. The fraction of sp³-hybridized carbons (Fsp3) is 0.958. The van der Waals surface area contributed by atoms with Crippen LogP contribution in [0.2, 0.25) is 0 Å². The van der Waals surface area contributed by atoms with Gasteiger partial charge in [0.1, 0.15) is 13.2 Å². The Hall–Kier alpha value is -1.59. The molecule has 0 bridgehead atoms. The third-order valence-electron chi connectivity index (χ3n) is 16.9. The minimum Gasteiger partial charge on any atom is -0.462 e. The molecule has 0 aromatic heterocycles. The second-order valence-electron chi connectivity index (χ2n) is 24.9. The molecule has 1 unspecified atom stereocenters. The third kappa shape index (κ3) is 65.2. The Morgan fingerprint density at radius 1 is 0.205 bits per heavy atom. The SMILES string of the molecule is CCCCCCCCCCCCCCCCCCCCCCCCCCCC(=O)OCC(COC(=O)CCCCCCCCCCCCCCC)OC(=O)CCCCCCCCCCCCCCCCCCCCCCCC. The first-order valence-electron chi connectivity index (χ1n) is 36.0. The number of unbranched alkanes of at least 4 members (excludes halogenated alkanes) is 57. The molecule has 0 fully saturated rings. The molecule has 0 saturated carbocycles. The monoisotopic (exact) mass is 1100 g/mol. The molecule has 6 heteroatoms. The van der Waals surface area contributed by atoms with Crippen molar-refractivity contribution in [3.8, 4) is 0 Å². The summed E-state index contributed by atoms with van der Waals surface area (Å²) in [6.45, 7) is 6.74. The predicted molar refractivity (Wildman–Crippen MR) is 340 cm³/mol. The topological polar surface area (TPSA) is 78.9 Å². The molecule has 0 amide bonds. The zero-order chi connectivity index (χ0) is 56.4. The quantitative estimate of drug-likeness (QED) is 0.0343. The summed E-state index contributed by atoms with van der Waals surface area (Å²) >= 11 is 0. The van der Waals surface area contributed by atoms with E-state index in [0.29, 0.717) is 19.3 Å². The Kier molecular flexibility index (Phi) is 66.5. The van der Waals surface area contributed by atoms with Crippen molar-refractivity contribution >= 4 is 17.9 Å². The molecule has 0 saturated heterocycles. The summed E-state index contributed by atoms with van der Waals surface area (Å²) in [6.07, 6.45) is 80.0. The fourth-order valence-electron chi connectivity index (χ4n) is 11.5. The highest BCUT2D eigenvalue weighted by atomic mass is 16.6. The lowest BCUT2D eigenvalue weighted by molar-refractivity contribution is -0.167. The molecule has 0 rings (SSSR count).